The second-order valence-electron chi connectivity index (χ2n) is 6.74. The first-order chi connectivity index (χ1) is 13.8. The van der Waals surface area contributed by atoms with Crippen LogP contribution in [0.5, 0.6) is 0 Å². The highest BCUT2D eigenvalue weighted by Crippen LogP contribution is 2.36. The van der Waals surface area contributed by atoms with Crippen molar-refractivity contribution >= 4 is 17.3 Å². The topological polar surface area (TPSA) is 81.7 Å². The Bertz CT molecular complexity index is 1100. The van der Waals surface area contributed by atoms with Gasteiger partial charge in [-0.3, -0.25) is 0 Å². The van der Waals surface area contributed by atoms with Gasteiger partial charge in [0.2, 0.25) is 5.89 Å². The molecule has 0 atom stereocenters. The van der Waals surface area contributed by atoms with Gasteiger partial charge < -0.3 is 9.73 Å². The molecule has 0 bridgehead atoms. The lowest BCUT2D eigenvalue weighted by Gasteiger charge is -2.07. The molecule has 0 spiro atoms. The molecular weight excluding hydrogens is 376 g/mol. The molecular formula is C20H17ClN6O. The third kappa shape index (κ3) is 3.48. The van der Waals surface area contributed by atoms with E-state index >= 15 is 0 Å². The summed E-state index contributed by atoms with van der Waals surface area (Å²) in [5, 5.41) is 16.2. The minimum Gasteiger partial charge on any atom is -0.439 e. The summed E-state index contributed by atoms with van der Waals surface area (Å²) < 4.78 is 7.75. The Morgan fingerprint density at radius 2 is 1.96 bits per heavy atom. The number of nitrogens with one attached hydrogen (secondary N) is 1. The van der Waals surface area contributed by atoms with Gasteiger partial charge in [-0.15, -0.1) is 5.10 Å². The molecule has 7 nitrogen and oxygen atoms in total. The van der Waals surface area contributed by atoms with Crippen molar-refractivity contribution in [2.75, 3.05) is 5.32 Å². The Kier molecular flexibility index (Phi) is 4.29. The highest BCUT2D eigenvalue weighted by molar-refractivity contribution is 6.30. The molecule has 0 aliphatic heterocycles. The Morgan fingerprint density at radius 1 is 1.11 bits per heavy atom. The predicted molar refractivity (Wildman–Crippen MR) is 106 cm³/mol. The lowest BCUT2D eigenvalue weighted by molar-refractivity contribution is 0.516. The lowest BCUT2D eigenvalue weighted by atomic mass is 10.2. The zero-order valence-corrected chi connectivity index (χ0v) is 15.7. The van der Waals surface area contributed by atoms with Gasteiger partial charge in [-0.25, -0.2) is 9.67 Å². The first kappa shape index (κ1) is 16.9. The van der Waals surface area contributed by atoms with E-state index in [0.29, 0.717) is 29.3 Å². The van der Waals surface area contributed by atoms with Crippen molar-refractivity contribution in [1.29, 1.82) is 0 Å². The fraction of sp³-hybridized carbons (Fsp3) is 0.200. The van der Waals surface area contributed by atoms with Crippen LogP contribution in [0.15, 0.2) is 59.1 Å². The van der Waals surface area contributed by atoms with E-state index in [1.54, 1.807) is 6.20 Å². The number of nitrogens with zero attached hydrogens (tertiary/aromatic N) is 5. The van der Waals surface area contributed by atoms with Gasteiger partial charge in [0.15, 0.2) is 11.6 Å². The maximum atomic E-state index is 5.93. The Labute approximate surface area is 166 Å². The number of hydrogen-bond acceptors (Lipinski definition) is 6. The molecule has 4 aromatic rings. The maximum absolute atomic E-state index is 5.93. The van der Waals surface area contributed by atoms with E-state index in [2.05, 4.69) is 25.8 Å². The van der Waals surface area contributed by atoms with Crippen LogP contribution in [-0.4, -0.2) is 25.2 Å². The summed E-state index contributed by atoms with van der Waals surface area (Å²) in [6.45, 7) is 0.477. The van der Waals surface area contributed by atoms with E-state index in [9.17, 15) is 0 Å². The zero-order valence-electron chi connectivity index (χ0n) is 14.9. The van der Waals surface area contributed by atoms with Crippen LogP contribution < -0.4 is 5.32 Å². The molecule has 1 fully saturated rings. The minimum absolute atomic E-state index is 0.431. The quantitative estimate of drug-likeness (QED) is 0.516. The van der Waals surface area contributed by atoms with E-state index in [0.717, 1.165) is 35.5 Å². The van der Waals surface area contributed by atoms with Gasteiger partial charge in [0.05, 0.1) is 18.8 Å². The van der Waals surface area contributed by atoms with Crippen LogP contribution >= 0.6 is 11.6 Å². The molecule has 2 heterocycles. The van der Waals surface area contributed by atoms with Gasteiger partial charge in [0.1, 0.15) is 0 Å². The molecule has 0 unspecified atom stereocenters. The molecule has 0 radical (unpaired) electrons. The molecule has 140 valence electrons. The van der Waals surface area contributed by atoms with Crippen molar-refractivity contribution in [3.63, 3.8) is 0 Å². The summed E-state index contributed by atoms with van der Waals surface area (Å²) in [4.78, 5) is 4.35. The predicted octanol–water partition coefficient (Wildman–Crippen LogP) is 4.60. The standard InChI is InChI=1S/C20H17ClN6O/c21-15-6-4-13(5-7-15)18-11-23-19(28-18)12-22-16-3-1-2-14(10-16)20-24-25-26-27(20)17-8-9-17/h1-7,10-11,17,22H,8-9,12H2. The van der Waals surface area contributed by atoms with Gasteiger partial charge in [0, 0.05) is 21.8 Å². The molecule has 1 aliphatic carbocycles. The average molecular weight is 393 g/mol. The smallest absolute Gasteiger partial charge is 0.214 e. The van der Waals surface area contributed by atoms with Crippen LogP contribution in [0, 0.1) is 0 Å². The van der Waals surface area contributed by atoms with Crippen LogP contribution in [0.1, 0.15) is 24.8 Å². The molecule has 2 aromatic heterocycles. The van der Waals surface area contributed by atoms with Crippen molar-refractivity contribution < 1.29 is 4.42 Å². The third-order valence-electron chi connectivity index (χ3n) is 4.63. The largest absolute Gasteiger partial charge is 0.439 e. The fourth-order valence-corrected chi connectivity index (χ4v) is 3.16. The SMILES string of the molecule is Clc1ccc(-c2cnc(CNc3cccc(-c4nnnn4C4CC4)c3)o2)cc1. The number of tetrazole rings is 1. The zero-order chi connectivity index (χ0) is 18.9. The van der Waals surface area contributed by atoms with Gasteiger partial charge in [0.25, 0.3) is 0 Å². The summed E-state index contributed by atoms with van der Waals surface area (Å²) in [5.41, 5.74) is 2.88. The highest BCUT2D eigenvalue weighted by atomic mass is 35.5. The normalized spacial score (nSPS) is 13.6. The minimum atomic E-state index is 0.431. The van der Waals surface area contributed by atoms with Crippen molar-refractivity contribution in [1.82, 2.24) is 25.2 Å². The Hall–Kier alpha value is -3.19. The van der Waals surface area contributed by atoms with E-state index in [1.165, 1.54) is 0 Å². The molecule has 2 aromatic carbocycles. The molecule has 1 aliphatic rings. The Balaban J connectivity index is 1.30. The first-order valence-corrected chi connectivity index (χ1v) is 9.47. The summed E-state index contributed by atoms with van der Waals surface area (Å²) in [6.07, 6.45) is 3.99. The van der Waals surface area contributed by atoms with E-state index < -0.39 is 0 Å². The van der Waals surface area contributed by atoms with Crippen LogP contribution in [0.4, 0.5) is 5.69 Å². The number of aromatic nitrogens is 5. The highest BCUT2D eigenvalue weighted by Gasteiger charge is 2.28. The summed E-state index contributed by atoms with van der Waals surface area (Å²) in [5.74, 6) is 2.12. The second kappa shape index (κ2) is 7.09. The maximum Gasteiger partial charge on any atom is 0.214 e. The number of benzene rings is 2. The van der Waals surface area contributed by atoms with Crippen molar-refractivity contribution in [3.05, 3.63) is 65.6 Å². The van der Waals surface area contributed by atoms with Crippen LogP contribution in [0.2, 0.25) is 5.02 Å². The van der Waals surface area contributed by atoms with Crippen molar-refractivity contribution in [2.24, 2.45) is 0 Å². The van der Waals surface area contributed by atoms with Crippen molar-refractivity contribution in [2.45, 2.75) is 25.4 Å². The Morgan fingerprint density at radius 3 is 2.79 bits per heavy atom. The summed E-state index contributed by atoms with van der Waals surface area (Å²) in [7, 11) is 0. The molecule has 1 N–H and O–H groups in total. The summed E-state index contributed by atoms with van der Waals surface area (Å²) in [6, 6.07) is 15.9. The van der Waals surface area contributed by atoms with Crippen LogP contribution in [0.3, 0.4) is 0 Å². The van der Waals surface area contributed by atoms with E-state index in [-0.39, 0.29) is 0 Å². The van der Waals surface area contributed by atoms with E-state index in [4.69, 9.17) is 16.0 Å². The number of hydrogen-bond donors (Lipinski definition) is 1. The average Bonchev–Trinajstić information content (AvgIpc) is 3.26. The fourth-order valence-electron chi connectivity index (χ4n) is 3.03. The molecule has 0 amide bonds. The number of oxazole rings is 1. The molecule has 5 rings (SSSR count). The monoisotopic (exact) mass is 392 g/mol. The van der Waals surface area contributed by atoms with Gasteiger partial charge in [-0.05, 0) is 59.7 Å². The van der Waals surface area contributed by atoms with E-state index in [1.807, 2.05) is 53.2 Å². The van der Waals surface area contributed by atoms with Gasteiger partial charge in [-0.1, -0.05) is 23.7 Å². The molecule has 8 heteroatoms. The first-order valence-electron chi connectivity index (χ1n) is 9.09. The summed E-state index contributed by atoms with van der Waals surface area (Å²) >= 11 is 5.93. The third-order valence-corrected chi connectivity index (χ3v) is 4.88. The van der Waals surface area contributed by atoms with Gasteiger partial charge in [-0.2, -0.15) is 0 Å². The molecule has 0 saturated heterocycles. The molecule has 1 saturated carbocycles. The lowest BCUT2D eigenvalue weighted by Crippen LogP contribution is -2.02. The van der Waals surface area contributed by atoms with Gasteiger partial charge >= 0.3 is 0 Å². The van der Waals surface area contributed by atoms with Crippen molar-refractivity contribution in [3.8, 4) is 22.7 Å². The number of halogens is 1. The number of rotatable bonds is 6. The second-order valence-corrected chi connectivity index (χ2v) is 7.17. The van der Waals surface area contributed by atoms with Crippen LogP contribution in [0.25, 0.3) is 22.7 Å². The molecule has 28 heavy (non-hydrogen) atoms. The van der Waals surface area contributed by atoms with Crippen LogP contribution in [-0.2, 0) is 6.54 Å². The number of anilines is 1.